The van der Waals surface area contributed by atoms with Crippen molar-refractivity contribution >= 4 is 74.9 Å². The van der Waals surface area contributed by atoms with Gasteiger partial charge in [-0.05, 0) is 71.7 Å². The maximum Gasteiger partial charge on any atom is 0.212 e. The number of pyridine rings is 1. The normalized spacial score (nSPS) is 14.5. The van der Waals surface area contributed by atoms with Crippen molar-refractivity contribution in [2.75, 3.05) is 16.9 Å². The van der Waals surface area contributed by atoms with Crippen LogP contribution in [0.3, 0.4) is 0 Å². The van der Waals surface area contributed by atoms with Crippen molar-refractivity contribution in [2.24, 2.45) is 0 Å². The van der Waals surface area contributed by atoms with Crippen LogP contribution in [0.4, 0.5) is 17.2 Å². The smallest absolute Gasteiger partial charge is 0.212 e. The second kappa shape index (κ2) is 8.55. The first-order valence-electron chi connectivity index (χ1n) is 9.06. The number of amides is 1. The number of anilines is 3. The minimum atomic E-state index is 0.483. The first-order chi connectivity index (χ1) is 13.6. The van der Waals surface area contributed by atoms with Gasteiger partial charge >= 0.3 is 0 Å². The van der Waals surface area contributed by atoms with Crippen LogP contribution >= 0.6 is 40.2 Å². The molecule has 3 aromatic rings. The first-order valence-corrected chi connectivity index (χ1v) is 14.3. The fraction of sp³-hybridized carbons (Fsp3) is 0.316. The third kappa shape index (κ3) is 3.74. The standard InChI is InChI=1S/C19H21IN5OPS/c1-11-22-18-15(9-17(21-10-26)24-19(18)25(11)27-20)23-14-7-6-13(8-16(14)28-2)12-4-3-5-12/h6-10,12,27H,3-5H2,1-2H3,(H2,21,23,24,26). The minimum absolute atomic E-state index is 0.483. The van der Waals surface area contributed by atoms with Crippen LogP contribution in [0, 0.1) is 6.92 Å². The van der Waals surface area contributed by atoms with Crippen molar-refractivity contribution in [1.82, 2.24) is 14.3 Å². The Labute approximate surface area is 183 Å². The van der Waals surface area contributed by atoms with E-state index in [9.17, 15) is 4.79 Å². The third-order valence-electron chi connectivity index (χ3n) is 5.15. The molecule has 146 valence electrons. The van der Waals surface area contributed by atoms with Gasteiger partial charge in [0, 0.05) is 11.0 Å². The molecule has 1 amide bonds. The van der Waals surface area contributed by atoms with Crippen molar-refractivity contribution in [3.8, 4) is 0 Å². The number of hydrogen-bond acceptors (Lipinski definition) is 5. The summed E-state index contributed by atoms with van der Waals surface area (Å²) in [6.07, 6.45) is 7.15. The van der Waals surface area contributed by atoms with E-state index in [-0.39, 0.29) is 0 Å². The molecule has 1 fully saturated rings. The minimum Gasteiger partial charge on any atom is -0.353 e. The van der Waals surface area contributed by atoms with Gasteiger partial charge in [0.15, 0.2) is 5.65 Å². The van der Waals surface area contributed by atoms with Gasteiger partial charge in [-0.2, -0.15) is 0 Å². The number of aryl methyl sites for hydroxylation is 1. The quantitative estimate of drug-likeness (QED) is 0.176. The molecule has 9 heteroatoms. The number of benzene rings is 1. The van der Waals surface area contributed by atoms with Gasteiger partial charge in [0.1, 0.15) is 17.2 Å². The van der Waals surface area contributed by atoms with E-state index >= 15 is 0 Å². The van der Waals surface area contributed by atoms with Gasteiger partial charge in [-0.1, -0.05) is 12.5 Å². The average Bonchev–Trinajstić information content (AvgIpc) is 2.97. The van der Waals surface area contributed by atoms with Crippen LogP contribution in [0.2, 0.25) is 0 Å². The summed E-state index contributed by atoms with van der Waals surface area (Å²) in [6.45, 7) is 1.98. The summed E-state index contributed by atoms with van der Waals surface area (Å²) in [5.74, 6) is 2.13. The SMILES string of the molecule is CSc1cc(C2CCC2)ccc1Nc1cc(NC=O)nc2c1nc(C)n2PI. The fourth-order valence-electron chi connectivity index (χ4n) is 3.44. The van der Waals surface area contributed by atoms with Gasteiger partial charge in [-0.25, -0.2) is 9.97 Å². The molecule has 0 saturated heterocycles. The highest BCUT2D eigenvalue weighted by Gasteiger charge is 2.21. The number of aromatic nitrogens is 3. The van der Waals surface area contributed by atoms with Crippen LogP contribution in [0.25, 0.3) is 11.2 Å². The van der Waals surface area contributed by atoms with E-state index < -0.39 is 0 Å². The Morgan fingerprint density at radius 2 is 2.11 bits per heavy atom. The van der Waals surface area contributed by atoms with Crippen molar-refractivity contribution in [3.05, 3.63) is 35.7 Å². The number of halogens is 1. The van der Waals surface area contributed by atoms with Gasteiger partial charge in [-0.3, -0.25) is 9.13 Å². The number of hydrogen-bond donors (Lipinski definition) is 2. The molecule has 2 aromatic heterocycles. The molecule has 0 radical (unpaired) electrons. The molecule has 2 N–H and O–H groups in total. The summed E-state index contributed by atoms with van der Waals surface area (Å²) in [7, 11) is 0. The number of thioether (sulfide) groups is 1. The highest BCUT2D eigenvalue weighted by molar-refractivity contribution is 14.2. The number of imidazole rings is 1. The molecule has 1 aromatic carbocycles. The van der Waals surface area contributed by atoms with Gasteiger partial charge < -0.3 is 10.6 Å². The van der Waals surface area contributed by atoms with Crippen LogP contribution in [0.1, 0.15) is 36.6 Å². The molecular weight excluding hydrogens is 504 g/mol. The first kappa shape index (κ1) is 19.9. The summed E-state index contributed by atoms with van der Waals surface area (Å²) in [5, 5.41) is 6.22. The highest BCUT2D eigenvalue weighted by atomic mass is 127. The summed E-state index contributed by atoms with van der Waals surface area (Å²) in [6, 6.07) is 8.52. The summed E-state index contributed by atoms with van der Waals surface area (Å²) in [5.41, 5.74) is 4.90. The van der Waals surface area contributed by atoms with E-state index in [0.717, 1.165) is 28.4 Å². The Morgan fingerprint density at radius 1 is 1.29 bits per heavy atom. The molecule has 4 rings (SSSR count). The topological polar surface area (TPSA) is 71.8 Å². The van der Waals surface area contributed by atoms with E-state index in [1.54, 1.807) is 11.8 Å². The Balaban J connectivity index is 1.77. The second-order valence-corrected chi connectivity index (χ2v) is 9.69. The molecule has 6 nitrogen and oxygen atoms in total. The van der Waals surface area contributed by atoms with E-state index in [2.05, 4.69) is 66.5 Å². The largest absolute Gasteiger partial charge is 0.353 e. The molecule has 0 aliphatic heterocycles. The molecule has 1 aliphatic carbocycles. The Bertz CT molecular complexity index is 1040. The monoisotopic (exact) mass is 525 g/mol. The number of carbonyl (C=O) groups is 1. The van der Waals surface area contributed by atoms with E-state index in [0.29, 0.717) is 24.5 Å². The summed E-state index contributed by atoms with van der Waals surface area (Å²) in [4.78, 5) is 21.5. The second-order valence-electron chi connectivity index (χ2n) is 6.78. The van der Waals surface area contributed by atoms with Gasteiger partial charge in [0.25, 0.3) is 0 Å². The van der Waals surface area contributed by atoms with Crippen molar-refractivity contribution in [1.29, 1.82) is 0 Å². The van der Waals surface area contributed by atoms with Crippen LogP contribution in [0.5, 0.6) is 0 Å². The van der Waals surface area contributed by atoms with E-state index in [1.165, 1.54) is 29.7 Å². The van der Waals surface area contributed by atoms with Crippen molar-refractivity contribution < 1.29 is 4.79 Å². The summed E-state index contributed by atoms with van der Waals surface area (Å²) < 4.78 is 2.06. The zero-order valence-corrected chi connectivity index (χ0v) is 19.6. The molecule has 1 saturated carbocycles. The number of fused-ring (bicyclic) bond motifs is 1. The highest BCUT2D eigenvalue weighted by Crippen LogP contribution is 2.41. The van der Waals surface area contributed by atoms with Crippen molar-refractivity contribution in [2.45, 2.75) is 37.0 Å². The zero-order valence-electron chi connectivity index (χ0n) is 15.6. The Morgan fingerprint density at radius 3 is 2.75 bits per heavy atom. The molecule has 28 heavy (non-hydrogen) atoms. The lowest BCUT2D eigenvalue weighted by atomic mass is 9.80. The van der Waals surface area contributed by atoms with Gasteiger partial charge in [0.2, 0.25) is 6.41 Å². The van der Waals surface area contributed by atoms with Crippen LogP contribution in [0.15, 0.2) is 29.2 Å². The van der Waals surface area contributed by atoms with Gasteiger partial charge in [0.05, 0.1) is 17.7 Å². The molecule has 1 aliphatic rings. The van der Waals surface area contributed by atoms with Crippen LogP contribution in [-0.4, -0.2) is 27.0 Å². The lowest BCUT2D eigenvalue weighted by Gasteiger charge is -2.26. The predicted octanol–water partition coefficient (Wildman–Crippen LogP) is 5.83. The third-order valence-corrected chi connectivity index (χ3v) is 8.08. The maximum absolute atomic E-state index is 11.0. The van der Waals surface area contributed by atoms with Gasteiger partial charge in [-0.15, -0.1) is 11.8 Å². The Kier molecular flexibility index (Phi) is 6.08. The number of carbonyl (C=O) groups excluding carboxylic acids is 1. The lowest BCUT2D eigenvalue weighted by Crippen LogP contribution is -2.09. The van der Waals surface area contributed by atoms with Crippen LogP contribution in [-0.2, 0) is 4.79 Å². The molecule has 0 spiro atoms. The Hall–Kier alpha value is -1.38. The average molecular weight is 525 g/mol. The predicted molar refractivity (Wildman–Crippen MR) is 128 cm³/mol. The number of nitrogens with one attached hydrogen (secondary N) is 2. The lowest BCUT2D eigenvalue weighted by molar-refractivity contribution is -0.105. The zero-order chi connectivity index (χ0) is 19.7. The van der Waals surface area contributed by atoms with Crippen molar-refractivity contribution in [3.63, 3.8) is 0 Å². The molecule has 1 atom stereocenters. The fourth-order valence-corrected chi connectivity index (χ4v) is 6.17. The van der Waals surface area contributed by atoms with Crippen LogP contribution < -0.4 is 10.6 Å². The number of nitrogens with zero attached hydrogens (tertiary/aromatic N) is 3. The molecule has 1 unspecified atom stereocenters. The number of rotatable bonds is 7. The molecular formula is C19H21IN5OPS. The molecule has 2 heterocycles. The van der Waals surface area contributed by atoms with E-state index in [1.807, 2.05) is 13.0 Å². The van der Waals surface area contributed by atoms with E-state index in [4.69, 9.17) is 4.98 Å². The maximum atomic E-state index is 11.0. The molecule has 0 bridgehead atoms. The summed E-state index contributed by atoms with van der Waals surface area (Å²) >= 11 is 4.06.